The van der Waals surface area contributed by atoms with Gasteiger partial charge in [-0.15, -0.1) is 0 Å². The van der Waals surface area contributed by atoms with Crippen molar-refractivity contribution in [3.05, 3.63) is 60.8 Å². The molecule has 0 unspecified atom stereocenters. The highest BCUT2D eigenvalue weighted by molar-refractivity contribution is 7.89. The highest BCUT2D eigenvalue weighted by Crippen LogP contribution is 2.27. The molecule has 4 rings (SSSR count). The number of amides is 1. The quantitative estimate of drug-likeness (QED) is 0.678. The summed E-state index contributed by atoms with van der Waals surface area (Å²) in [6.07, 6.45) is 2.98. The number of anilines is 1. The molecular formula is C22H23N3O4S. The number of rotatable bonds is 5. The fraction of sp³-hybridized carbons (Fsp3) is 0.273. The van der Waals surface area contributed by atoms with E-state index in [2.05, 4.69) is 10.3 Å². The van der Waals surface area contributed by atoms with Crippen molar-refractivity contribution in [2.75, 3.05) is 25.5 Å². The van der Waals surface area contributed by atoms with Gasteiger partial charge in [0.15, 0.2) is 0 Å². The number of nitrogens with zero attached hydrogens (tertiary/aromatic N) is 2. The van der Waals surface area contributed by atoms with Crippen LogP contribution in [-0.4, -0.2) is 43.8 Å². The predicted molar refractivity (Wildman–Crippen MR) is 115 cm³/mol. The van der Waals surface area contributed by atoms with E-state index in [-0.39, 0.29) is 17.3 Å². The number of fused-ring (bicyclic) bond motifs is 1. The Morgan fingerprint density at radius 3 is 2.70 bits per heavy atom. The molecule has 156 valence electrons. The molecule has 0 aliphatic carbocycles. The predicted octanol–water partition coefficient (Wildman–Crippen LogP) is 3.28. The molecule has 1 aliphatic rings. The molecule has 3 aromatic rings. The molecule has 0 saturated carbocycles. The number of nitrogens with one attached hydrogen (secondary N) is 1. The van der Waals surface area contributed by atoms with E-state index in [9.17, 15) is 13.2 Å². The number of ether oxygens (including phenoxy) is 1. The number of piperidine rings is 1. The van der Waals surface area contributed by atoms with Crippen LogP contribution in [0.3, 0.4) is 0 Å². The van der Waals surface area contributed by atoms with Crippen LogP contribution in [0.2, 0.25) is 0 Å². The van der Waals surface area contributed by atoms with Crippen LogP contribution >= 0.6 is 0 Å². The second-order valence-corrected chi connectivity index (χ2v) is 9.18. The molecule has 8 heteroatoms. The molecular weight excluding hydrogens is 402 g/mol. The van der Waals surface area contributed by atoms with Gasteiger partial charge in [0.05, 0.1) is 29.1 Å². The van der Waals surface area contributed by atoms with Gasteiger partial charge in [0.25, 0.3) is 0 Å². The Morgan fingerprint density at radius 2 is 1.93 bits per heavy atom. The Labute approximate surface area is 175 Å². The topological polar surface area (TPSA) is 88.6 Å². The zero-order chi connectivity index (χ0) is 21.1. The number of sulfonamides is 1. The summed E-state index contributed by atoms with van der Waals surface area (Å²) in [6.45, 7) is 0.555. The molecule has 1 saturated heterocycles. The van der Waals surface area contributed by atoms with Gasteiger partial charge < -0.3 is 10.1 Å². The maximum Gasteiger partial charge on any atom is 0.243 e. The first-order valence-corrected chi connectivity index (χ1v) is 11.2. The summed E-state index contributed by atoms with van der Waals surface area (Å²) in [5.41, 5.74) is 1.48. The van der Waals surface area contributed by atoms with E-state index in [4.69, 9.17) is 4.74 Å². The SMILES string of the molecule is COc1ccc(S(=O)(=O)N2CCC[C@@H](C(=O)Nc3cccc4ncccc34)C2)cc1. The largest absolute Gasteiger partial charge is 0.497 e. The maximum atomic E-state index is 13.0. The number of hydrogen-bond donors (Lipinski definition) is 1. The van der Waals surface area contributed by atoms with E-state index < -0.39 is 15.9 Å². The van der Waals surface area contributed by atoms with Crippen molar-refractivity contribution in [2.24, 2.45) is 5.92 Å². The first-order valence-electron chi connectivity index (χ1n) is 9.78. The van der Waals surface area contributed by atoms with Gasteiger partial charge in [-0.25, -0.2) is 8.42 Å². The molecule has 30 heavy (non-hydrogen) atoms. The van der Waals surface area contributed by atoms with Crippen molar-refractivity contribution in [2.45, 2.75) is 17.7 Å². The monoisotopic (exact) mass is 425 g/mol. The zero-order valence-electron chi connectivity index (χ0n) is 16.6. The summed E-state index contributed by atoms with van der Waals surface area (Å²) in [4.78, 5) is 17.4. The van der Waals surface area contributed by atoms with E-state index in [0.29, 0.717) is 30.8 Å². The van der Waals surface area contributed by atoms with Crippen molar-refractivity contribution in [1.29, 1.82) is 0 Å². The molecule has 0 spiro atoms. The van der Waals surface area contributed by atoms with Crippen molar-refractivity contribution in [1.82, 2.24) is 9.29 Å². The molecule has 1 fully saturated rings. The molecule has 0 bridgehead atoms. The highest BCUT2D eigenvalue weighted by atomic mass is 32.2. The van der Waals surface area contributed by atoms with E-state index in [1.165, 1.54) is 23.5 Å². The van der Waals surface area contributed by atoms with Gasteiger partial charge in [-0.05, 0) is 61.4 Å². The first-order chi connectivity index (χ1) is 14.5. The Kier molecular flexibility index (Phi) is 5.69. The summed E-state index contributed by atoms with van der Waals surface area (Å²) in [6, 6.07) is 15.6. The van der Waals surface area contributed by atoms with Crippen LogP contribution in [0, 0.1) is 5.92 Å². The molecule has 0 radical (unpaired) electrons. The fourth-order valence-electron chi connectivity index (χ4n) is 3.72. The number of aromatic nitrogens is 1. The lowest BCUT2D eigenvalue weighted by molar-refractivity contribution is -0.120. The minimum absolute atomic E-state index is 0.156. The third kappa shape index (κ3) is 4.01. The summed E-state index contributed by atoms with van der Waals surface area (Å²) < 4.78 is 32.6. The number of pyridine rings is 1. The summed E-state index contributed by atoms with van der Waals surface area (Å²) >= 11 is 0. The molecule has 2 heterocycles. The van der Waals surface area contributed by atoms with Crippen LogP contribution in [0.25, 0.3) is 10.9 Å². The minimum Gasteiger partial charge on any atom is -0.497 e. The lowest BCUT2D eigenvalue weighted by Gasteiger charge is -2.31. The maximum absolute atomic E-state index is 13.0. The first kappa shape index (κ1) is 20.3. The number of carbonyl (C=O) groups excluding carboxylic acids is 1. The molecule has 1 amide bonds. The van der Waals surface area contributed by atoms with E-state index in [1.54, 1.807) is 18.3 Å². The number of hydrogen-bond acceptors (Lipinski definition) is 5. The van der Waals surface area contributed by atoms with Crippen molar-refractivity contribution in [3.63, 3.8) is 0 Å². The number of carbonyl (C=O) groups is 1. The number of methoxy groups -OCH3 is 1. The second kappa shape index (κ2) is 8.41. The normalized spacial score (nSPS) is 17.6. The van der Waals surface area contributed by atoms with Crippen LogP contribution in [0.5, 0.6) is 5.75 Å². The molecule has 2 aromatic carbocycles. The van der Waals surface area contributed by atoms with Gasteiger partial charge in [-0.2, -0.15) is 4.31 Å². The third-order valence-electron chi connectivity index (χ3n) is 5.36. The smallest absolute Gasteiger partial charge is 0.243 e. The average molecular weight is 426 g/mol. The van der Waals surface area contributed by atoms with E-state index in [0.717, 1.165) is 10.9 Å². The van der Waals surface area contributed by atoms with Gasteiger partial charge in [0.2, 0.25) is 15.9 Å². The number of benzene rings is 2. The van der Waals surface area contributed by atoms with Gasteiger partial charge in [-0.3, -0.25) is 9.78 Å². The van der Waals surface area contributed by atoms with Crippen molar-refractivity contribution in [3.8, 4) is 5.75 Å². The lowest BCUT2D eigenvalue weighted by Crippen LogP contribution is -2.43. The van der Waals surface area contributed by atoms with Crippen molar-refractivity contribution < 1.29 is 17.9 Å². The van der Waals surface area contributed by atoms with Crippen LogP contribution < -0.4 is 10.1 Å². The van der Waals surface area contributed by atoms with Crippen LogP contribution in [0.1, 0.15) is 12.8 Å². The third-order valence-corrected chi connectivity index (χ3v) is 7.24. The molecule has 1 atom stereocenters. The van der Waals surface area contributed by atoms with E-state index in [1.807, 2.05) is 30.3 Å². The van der Waals surface area contributed by atoms with Gasteiger partial charge in [-0.1, -0.05) is 6.07 Å². The van der Waals surface area contributed by atoms with Crippen LogP contribution in [0.4, 0.5) is 5.69 Å². The second-order valence-electron chi connectivity index (χ2n) is 7.24. The van der Waals surface area contributed by atoms with Crippen LogP contribution in [-0.2, 0) is 14.8 Å². The fourth-order valence-corrected chi connectivity index (χ4v) is 5.24. The van der Waals surface area contributed by atoms with Gasteiger partial charge in [0, 0.05) is 24.7 Å². The average Bonchev–Trinajstić information content (AvgIpc) is 2.79. The van der Waals surface area contributed by atoms with E-state index >= 15 is 0 Å². The Morgan fingerprint density at radius 1 is 1.13 bits per heavy atom. The summed E-state index contributed by atoms with van der Waals surface area (Å²) in [5, 5.41) is 3.82. The van der Waals surface area contributed by atoms with Crippen molar-refractivity contribution >= 4 is 32.5 Å². The Bertz CT molecular complexity index is 1160. The van der Waals surface area contributed by atoms with Gasteiger partial charge >= 0.3 is 0 Å². The lowest BCUT2D eigenvalue weighted by atomic mass is 9.98. The summed E-state index contributed by atoms with van der Waals surface area (Å²) in [7, 11) is -2.14. The highest BCUT2D eigenvalue weighted by Gasteiger charge is 2.33. The van der Waals surface area contributed by atoms with Crippen LogP contribution in [0.15, 0.2) is 65.7 Å². The van der Waals surface area contributed by atoms with Gasteiger partial charge in [0.1, 0.15) is 5.75 Å². The Balaban J connectivity index is 1.51. The molecule has 1 aromatic heterocycles. The minimum atomic E-state index is -3.67. The molecule has 1 aliphatic heterocycles. The molecule has 7 nitrogen and oxygen atoms in total. The standard InChI is InChI=1S/C22H23N3O4S/c1-29-17-9-11-18(12-10-17)30(27,28)25-14-4-5-16(15-25)22(26)24-21-8-2-7-20-19(21)6-3-13-23-20/h2-3,6-13,16H,4-5,14-15H2,1H3,(H,24,26)/t16-/m1/s1. The molecule has 1 N–H and O–H groups in total. The Hall–Kier alpha value is -2.97. The zero-order valence-corrected chi connectivity index (χ0v) is 17.4. The summed E-state index contributed by atoms with van der Waals surface area (Å²) in [5.74, 6) is -0.00545.